The molecule has 0 aliphatic carbocycles. The summed E-state index contributed by atoms with van der Waals surface area (Å²) in [6.45, 7) is 1.53. The van der Waals surface area contributed by atoms with Gasteiger partial charge in [-0.05, 0) is 43.3 Å². The normalized spacial score (nSPS) is 10.7. The lowest BCUT2D eigenvalue weighted by Gasteiger charge is -2.09. The number of para-hydroxylation sites is 1. The molecule has 0 saturated heterocycles. The smallest absolute Gasteiger partial charge is 0.344 e. The Morgan fingerprint density at radius 2 is 1.83 bits per heavy atom. The van der Waals surface area contributed by atoms with E-state index in [2.05, 4.69) is 10.3 Å². The number of nitrogens with zero attached hydrogens (tertiary/aromatic N) is 2. The van der Waals surface area contributed by atoms with Crippen molar-refractivity contribution in [2.24, 2.45) is 0 Å². The number of carbonyl (C=O) groups is 1. The summed E-state index contributed by atoms with van der Waals surface area (Å²) in [6.07, 6.45) is 0. The van der Waals surface area contributed by atoms with E-state index in [4.69, 9.17) is 9.47 Å². The lowest BCUT2D eigenvalue weighted by atomic mass is 10.2. The van der Waals surface area contributed by atoms with Crippen molar-refractivity contribution in [3.05, 3.63) is 87.8 Å². The molecule has 4 aromatic rings. The van der Waals surface area contributed by atoms with Crippen LogP contribution >= 0.6 is 11.3 Å². The third kappa shape index (κ3) is 4.66. The summed E-state index contributed by atoms with van der Waals surface area (Å²) < 4.78 is 12.2. The first-order valence-electron chi connectivity index (χ1n) is 9.26. The Morgan fingerprint density at radius 3 is 2.60 bits per heavy atom. The molecule has 2 aromatic carbocycles. The number of aromatic nitrogens is 2. The van der Waals surface area contributed by atoms with Gasteiger partial charge in [0.1, 0.15) is 12.4 Å². The molecule has 0 aliphatic heterocycles. The Hall–Kier alpha value is -3.65. The van der Waals surface area contributed by atoms with Crippen LogP contribution in [0.2, 0.25) is 0 Å². The van der Waals surface area contributed by atoms with Crippen molar-refractivity contribution in [3.63, 3.8) is 0 Å². The van der Waals surface area contributed by atoms with Gasteiger partial charge in [-0.1, -0.05) is 18.2 Å². The molecule has 1 N–H and O–H groups in total. The lowest BCUT2D eigenvalue weighted by Crippen LogP contribution is -2.18. The van der Waals surface area contributed by atoms with E-state index in [-0.39, 0.29) is 18.8 Å². The molecule has 30 heavy (non-hydrogen) atoms. The zero-order valence-corrected chi connectivity index (χ0v) is 17.0. The molecule has 2 aromatic heterocycles. The number of aryl methyl sites for hydroxylation is 1. The lowest BCUT2D eigenvalue weighted by molar-refractivity contribution is -0.147. The highest BCUT2D eigenvalue weighted by Crippen LogP contribution is 2.20. The number of anilines is 2. The highest BCUT2D eigenvalue weighted by atomic mass is 32.1. The quantitative estimate of drug-likeness (QED) is 0.456. The van der Waals surface area contributed by atoms with Crippen LogP contribution in [0.4, 0.5) is 11.4 Å². The first kappa shape index (κ1) is 19.7. The van der Waals surface area contributed by atoms with Crippen LogP contribution in [0.3, 0.4) is 0 Å². The van der Waals surface area contributed by atoms with Gasteiger partial charge in [0, 0.05) is 28.5 Å². The number of rotatable bonds is 7. The second-order valence-electron chi connectivity index (χ2n) is 6.55. The summed E-state index contributed by atoms with van der Waals surface area (Å²) in [4.78, 5) is 29.0. The zero-order valence-electron chi connectivity index (χ0n) is 16.2. The topological polar surface area (TPSA) is 81.9 Å². The number of hydrogen-bond acceptors (Lipinski definition) is 7. The molecule has 8 heteroatoms. The second-order valence-corrected chi connectivity index (χ2v) is 7.38. The van der Waals surface area contributed by atoms with E-state index in [9.17, 15) is 9.59 Å². The van der Waals surface area contributed by atoms with Gasteiger partial charge in [-0.15, -0.1) is 11.3 Å². The van der Waals surface area contributed by atoms with Crippen molar-refractivity contribution < 1.29 is 14.3 Å². The molecule has 2 heterocycles. The first-order valence-corrected chi connectivity index (χ1v) is 10.1. The van der Waals surface area contributed by atoms with E-state index in [1.165, 1.54) is 21.8 Å². The van der Waals surface area contributed by atoms with Crippen molar-refractivity contribution in [1.29, 1.82) is 0 Å². The number of thiazole rings is 1. The van der Waals surface area contributed by atoms with E-state index in [1.807, 2.05) is 54.8 Å². The van der Waals surface area contributed by atoms with Crippen molar-refractivity contribution >= 4 is 33.6 Å². The van der Waals surface area contributed by atoms with Crippen molar-refractivity contribution in [3.8, 4) is 5.75 Å². The highest BCUT2D eigenvalue weighted by molar-refractivity contribution is 7.15. The summed E-state index contributed by atoms with van der Waals surface area (Å²) in [5, 5.41) is 5.13. The Morgan fingerprint density at radius 1 is 1.10 bits per heavy atom. The minimum absolute atomic E-state index is 0.0786. The Bertz CT molecular complexity index is 1220. The predicted molar refractivity (Wildman–Crippen MR) is 116 cm³/mol. The van der Waals surface area contributed by atoms with Crippen molar-refractivity contribution in [2.75, 3.05) is 11.9 Å². The molecular weight excluding hydrogens is 402 g/mol. The Balaban J connectivity index is 1.28. The van der Waals surface area contributed by atoms with E-state index in [1.54, 1.807) is 12.1 Å². The van der Waals surface area contributed by atoms with Gasteiger partial charge in [0.25, 0.3) is 5.56 Å². The largest absolute Gasteiger partial charge is 0.482 e. The fourth-order valence-electron chi connectivity index (χ4n) is 2.84. The van der Waals surface area contributed by atoms with Crippen molar-refractivity contribution in [2.45, 2.75) is 13.5 Å². The molecule has 152 valence electrons. The Kier molecular flexibility index (Phi) is 5.76. The molecule has 0 amide bonds. The summed E-state index contributed by atoms with van der Waals surface area (Å²) >= 11 is 1.37. The molecule has 0 radical (unpaired) electrons. The summed E-state index contributed by atoms with van der Waals surface area (Å²) in [7, 11) is 0. The molecule has 0 atom stereocenters. The molecule has 0 spiro atoms. The molecule has 7 nitrogen and oxygen atoms in total. The van der Waals surface area contributed by atoms with Gasteiger partial charge >= 0.3 is 5.97 Å². The second kappa shape index (κ2) is 8.79. The molecule has 0 bridgehead atoms. The van der Waals surface area contributed by atoms with Crippen LogP contribution in [0.1, 0.15) is 11.4 Å². The molecule has 0 fully saturated rings. The summed E-state index contributed by atoms with van der Waals surface area (Å²) in [6, 6.07) is 18.5. The summed E-state index contributed by atoms with van der Waals surface area (Å²) in [5.74, 6) is 0.0169. The molecule has 0 saturated carbocycles. The third-order valence-corrected chi connectivity index (χ3v) is 5.23. The Labute approximate surface area is 176 Å². The fourth-order valence-corrected chi connectivity index (χ4v) is 3.73. The molecule has 0 unspecified atom stereocenters. The highest BCUT2D eigenvalue weighted by Gasteiger charge is 2.10. The standard InChI is InChI=1S/C22H19N3O4S/c1-15-14-30-22-24-18(11-20(26)25(15)22)12-29-21(27)13-28-19-9-7-17(8-10-19)23-16-5-3-2-4-6-16/h2-11,14,23H,12-13H2,1H3. The number of fused-ring (bicyclic) bond motifs is 1. The molecule has 0 aliphatic rings. The van der Waals surface area contributed by atoms with E-state index in [0.717, 1.165) is 17.1 Å². The maximum atomic E-state index is 12.1. The zero-order chi connectivity index (χ0) is 20.9. The van der Waals surface area contributed by atoms with Crippen LogP contribution < -0.4 is 15.6 Å². The van der Waals surface area contributed by atoms with Crippen LogP contribution in [-0.4, -0.2) is 22.0 Å². The van der Waals surface area contributed by atoms with Crippen molar-refractivity contribution in [1.82, 2.24) is 9.38 Å². The van der Waals surface area contributed by atoms with E-state index in [0.29, 0.717) is 16.4 Å². The van der Waals surface area contributed by atoms with Crippen LogP contribution in [0.5, 0.6) is 5.75 Å². The van der Waals surface area contributed by atoms with Crippen LogP contribution in [0.15, 0.2) is 70.8 Å². The van der Waals surface area contributed by atoms with Gasteiger partial charge in [-0.2, -0.15) is 0 Å². The van der Waals surface area contributed by atoms with Gasteiger partial charge in [0.05, 0.1) is 5.69 Å². The van der Waals surface area contributed by atoms with Gasteiger partial charge in [-0.3, -0.25) is 9.20 Å². The number of carbonyl (C=O) groups excluding carboxylic acids is 1. The number of nitrogens with one attached hydrogen (secondary N) is 1. The predicted octanol–water partition coefficient (Wildman–Crippen LogP) is 3.93. The maximum Gasteiger partial charge on any atom is 0.344 e. The SMILES string of the molecule is Cc1csc2nc(COC(=O)COc3ccc(Nc4ccccc4)cc3)cc(=O)n12. The number of benzene rings is 2. The number of hydrogen-bond donors (Lipinski definition) is 1. The average Bonchev–Trinajstić information content (AvgIpc) is 3.13. The third-order valence-electron chi connectivity index (χ3n) is 4.28. The monoisotopic (exact) mass is 421 g/mol. The molecular formula is C22H19N3O4S. The van der Waals surface area contributed by atoms with Gasteiger partial charge < -0.3 is 14.8 Å². The van der Waals surface area contributed by atoms with Crippen LogP contribution in [-0.2, 0) is 16.1 Å². The summed E-state index contributed by atoms with van der Waals surface area (Å²) in [5.41, 5.74) is 2.94. The van der Waals surface area contributed by atoms with E-state index >= 15 is 0 Å². The van der Waals surface area contributed by atoms with Gasteiger partial charge in [0.2, 0.25) is 0 Å². The number of ether oxygens (including phenoxy) is 2. The average molecular weight is 421 g/mol. The number of esters is 1. The molecule has 4 rings (SSSR count). The van der Waals surface area contributed by atoms with Gasteiger partial charge in [-0.25, -0.2) is 9.78 Å². The van der Waals surface area contributed by atoms with Gasteiger partial charge in [0.15, 0.2) is 11.6 Å². The van der Waals surface area contributed by atoms with Crippen LogP contribution in [0.25, 0.3) is 4.96 Å². The minimum atomic E-state index is -0.536. The maximum absolute atomic E-state index is 12.1. The first-order chi connectivity index (χ1) is 14.6. The van der Waals surface area contributed by atoms with Crippen LogP contribution in [0, 0.1) is 6.92 Å². The van der Waals surface area contributed by atoms with E-state index < -0.39 is 5.97 Å². The minimum Gasteiger partial charge on any atom is -0.482 e. The fraction of sp³-hybridized carbons (Fsp3) is 0.136.